The highest BCUT2D eigenvalue weighted by Crippen LogP contribution is 2.17. The van der Waals surface area contributed by atoms with Crippen molar-refractivity contribution in [1.82, 2.24) is 5.32 Å². The van der Waals surface area contributed by atoms with Crippen molar-refractivity contribution in [2.45, 2.75) is 38.0 Å². The van der Waals surface area contributed by atoms with Crippen molar-refractivity contribution in [3.05, 3.63) is 29.8 Å². The van der Waals surface area contributed by atoms with Gasteiger partial charge in [-0.15, -0.1) is 0 Å². The van der Waals surface area contributed by atoms with Gasteiger partial charge >= 0.3 is 0 Å². The maximum atomic E-state index is 12.2. The zero-order chi connectivity index (χ0) is 17.1. The molecule has 0 saturated heterocycles. The molecule has 0 aliphatic heterocycles. The lowest BCUT2D eigenvalue weighted by molar-refractivity contribution is -0.123. The van der Waals surface area contributed by atoms with E-state index >= 15 is 0 Å². The summed E-state index contributed by atoms with van der Waals surface area (Å²) in [5, 5.41) is 2.78. The number of carbonyl (C=O) groups excluding carboxylic acids is 1. The van der Waals surface area contributed by atoms with Crippen molar-refractivity contribution in [1.29, 1.82) is 0 Å². The van der Waals surface area contributed by atoms with Gasteiger partial charge in [-0.1, -0.05) is 12.1 Å². The largest absolute Gasteiger partial charge is 0.378 e. The molecule has 22 heavy (non-hydrogen) atoms. The predicted octanol–water partition coefficient (Wildman–Crippen LogP) is 1.62. The van der Waals surface area contributed by atoms with Crippen LogP contribution in [0.25, 0.3) is 0 Å². The first-order valence-corrected chi connectivity index (χ1v) is 9.11. The van der Waals surface area contributed by atoms with E-state index in [1.165, 1.54) is 13.8 Å². The highest BCUT2D eigenvalue weighted by Gasteiger charge is 2.38. The second-order valence-electron chi connectivity index (χ2n) is 6.42. The number of hydrogen-bond donors (Lipinski definition) is 1. The van der Waals surface area contributed by atoms with Gasteiger partial charge in [0.25, 0.3) is 0 Å². The van der Waals surface area contributed by atoms with Crippen LogP contribution in [-0.4, -0.2) is 45.5 Å². The Hall–Kier alpha value is -1.56. The summed E-state index contributed by atoms with van der Waals surface area (Å²) >= 11 is 0. The van der Waals surface area contributed by atoms with E-state index in [-0.39, 0.29) is 6.04 Å². The van der Waals surface area contributed by atoms with Gasteiger partial charge in [0.2, 0.25) is 5.91 Å². The van der Waals surface area contributed by atoms with E-state index in [9.17, 15) is 13.2 Å². The lowest BCUT2D eigenvalue weighted by Gasteiger charge is -2.24. The molecule has 1 N–H and O–H groups in total. The zero-order valence-corrected chi connectivity index (χ0v) is 15.0. The van der Waals surface area contributed by atoms with Crippen molar-refractivity contribution in [3.63, 3.8) is 0 Å². The van der Waals surface area contributed by atoms with E-state index in [2.05, 4.69) is 5.32 Å². The highest BCUT2D eigenvalue weighted by atomic mass is 32.2. The van der Waals surface area contributed by atoms with E-state index in [0.29, 0.717) is 6.42 Å². The number of amides is 1. The van der Waals surface area contributed by atoms with Gasteiger partial charge in [0.05, 0.1) is 0 Å². The quantitative estimate of drug-likeness (QED) is 0.863. The molecule has 0 heterocycles. The van der Waals surface area contributed by atoms with Gasteiger partial charge in [-0.3, -0.25) is 4.79 Å². The van der Waals surface area contributed by atoms with Gasteiger partial charge in [-0.2, -0.15) is 0 Å². The van der Waals surface area contributed by atoms with Gasteiger partial charge in [-0.05, 0) is 44.9 Å². The molecule has 0 spiro atoms. The van der Waals surface area contributed by atoms with Gasteiger partial charge in [0.1, 0.15) is 4.75 Å². The number of sulfone groups is 1. The molecule has 124 valence electrons. The fourth-order valence-corrected chi connectivity index (χ4v) is 2.30. The maximum absolute atomic E-state index is 12.2. The molecule has 1 rings (SSSR count). The van der Waals surface area contributed by atoms with E-state index in [1.807, 2.05) is 50.2 Å². The SMILES string of the molecule is C[C@H](Cc1ccc(N(C)C)cc1)NC(=O)C(C)(C)S(C)(=O)=O. The maximum Gasteiger partial charge on any atom is 0.241 e. The lowest BCUT2D eigenvalue weighted by atomic mass is 10.1. The van der Waals surface area contributed by atoms with Crippen LogP contribution in [0.15, 0.2) is 24.3 Å². The van der Waals surface area contributed by atoms with Crippen LogP contribution in [0.2, 0.25) is 0 Å². The van der Waals surface area contributed by atoms with Crippen LogP contribution in [0, 0.1) is 0 Å². The summed E-state index contributed by atoms with van der Waals surface area (Å²) in [5.41, 5.74) is 2.20. The van der Waals surface area contributed by atoms with Crippen LogP contribution < -0.4 is 10.2 Å². The van der Waals surface area contributed by atoms with Gasteiger partial charge in [0, 0.05) is 32.1 Å². The fourth-order valence-electron chi connectivity index (χ4n) is 1.90. The average Bonchev–Trinajstić information content (AvgIpc) is 2.37. The Kier molecular flexibility index (Phi) is 5.62. The van der Waals surface area contributed by atoms with Crippen LogP contribution >= 0.6 is 0 Å². The van der Waals surface area contributed by atoms with Crippen LogP contribution in [0.5, 0.6) is 0 Å². The van der Waals surface area contributed by atoms with Crippen LogP contribution in [0.4, 0.5) is 5.69 Å². The summed E-state index contributed by atoms with van der Waals surface area (Å²) in [6.45, 7) is 4.72. The first-order chi connectivity index (χ1) is 9.95. The second-order valence-corrected chi connectivity index (χ2v) is 8.99. The molecule has 0 saturated carbocycles. The molecular weight excluding hydrogens is 300 g/mol. The number of nitrogens with one attached hydrogen (secondary N) is 1. The molecule has 0 aromatic heterocycles. The van der Waals surface area contributed by atoms with Gasteiger partial charge < -0.3 is 10.2 Å². The molecule has 1 aromatic carbocycles. The molecular formula is C16H26N2O3S. The summed E-state index contributed by atoms with van der Waals surface area (Å²) in [7, 11) is 0.502. The topological polar surface area (TPSA) is 66.5 Å². The Morgan fingerprint density at radius 1 is 1.23 bits per heavy atom. The molecule has 0 unspecified atom stereocenters. The van der Waals surface area contributed by atoms with Crippen LogP contribution in [-0.2, 0) is 21.1 Å². The minimum absolute atomic E-state index is 0.140. The molecule has 0 aliphatic carbocycles. The monoisotopic (exact) mass is 326 g/mol. The number of carbonyl (C=O) groups is 1. The molecule has 0 radical (unpaired) electrons. The standard InChI is InChI=1S/C16H26N2O3S/c1-12(17-15(19)16(2,3)22(6,20)21)11-13-7-9-14(10-8-13)18(4)5/h7-10,12H,11H2,1-6H3,(H,17,19)/t12-/m1/s1. The fraction of sp³-hybridized carbons (Fsp3) is 0.562. The molecule has 5 nitrogen and oxygen atoms in total. The van der Waals surface area contributed by atoms with Crippen LogP contribution in [0.1, 0.15) is 26.3 Å². The normalized spacial score (nSPS) is 13.5. The Morgan fingerprint density at radius 3 is 2.14 bits per heavy atom. The Balaban J connectivity index is 2.70. The molecule has 1 atom stereocenters. The third kappa shape index (κ3) is 4.47. The zero-order valence-electron chi connectivity index (χ0n) is 14.2. The number of rotatable bonds is 6. The highest BCUT2D eigenvalue weighted by molar-refractivity contribution is 7.92. The van der Waals surface area contributed by atoms with Crippen molar-refractivity contribution >= 4 is 21.4 Å². The minimum Gasteiger partial charge on any atom is -0.378 e. The number of nitrogens with zero attached hydrogens (tertiary/aromatic N) is 1. The summed E-state index contributed by atoms with van der Waals surface area (Å²) in [5.74, 6) is -0.465. The minimum atomic E-state index is -3.45. The Morgan fingerprint density at radius 2 is 1.73 bits per heavy atom. The Labute approximate surface area is 133 Å². The first kappa shape index (κ1) is 18.5. The van der Waals surface area contributed by atoms with E-state index in [1.54, 1.807) is 0 Å². The smallest absolute Gasteiger partial charge is 0.241 e. The number of anilines is 1. The third-order valence-corrected chi connectivity index (χ3v) is 5.89. The molecule has 1 amide bonds. The Bertz CT molecular complexity index is 619. The van der Waals surface area contributed by atoms with Gasteiger partial charge in [-0.25, -0.2) is 8.42 Å². The molecule has 1 aromatic rings. The molecule has 0 aliphatic rings. The predicted molar refractivity (Wildman–Crippen MR) is 91.0 cm³/mol. The summed E-state index contributed by atoms with van der Waals surface area (Å²) in [4.78, 5) is 14.2. The van der Waals surface area contributed by atoms with E-state index < -0.39 is 20.5 Å². The molecule has 0 bridgehead atoms. The molecule has 6 heteroatoms. The summed E-state index contributed by atoms with van der Waals surface area (Å²) < 4.78 is 21.9. The third-order valence-electron chi connectivity index (χ3n) is 3.85. The van der Waals surface area contributed by atoms with Gasteiger partial charge in [0.15, 0.2) is 9.84 Å². The van der Waals surface area contributed by atoms with Crippen molar-refractivity contribution < 1.29 is 13.2 Å². The van der Waals surface area contributed by atoms with Crippen molar-refractivity contribution in [3.8, 4) is 0 Å². The average molecular weight is 326 g/mol. The number of hydrogen-bond acceptors (Lipinski definition) is 4. The molecule has 0 fully saturated rings. The lowest BCUT2D eigenvalue weighted by Crippen LogP contribution is -2.50. The first-order valence-electron chi connectivity index (χ1n) is 7.22. The van der Waals surface area contributed by atoms with E-state index in [0.717, 1.165) is 17.5 Å². The van der Waals surface area contributed by atoms with Crippen molar-refractivity contribution in [2.24, 2.45) is 0 Å². The van der Waals surface area contributed by atoms with E-state index in [4.69, 9.17) is 0 Å². The van der Waals surface area contributed by atoms with Crippen LogP contribution in [0.3, 0.4) is 0 Å². The van der Waals surface area contributed by atoms with Crippen molar-refractivity contribution in [2.75, 3.05) is 25.3 Å². The summed E-state index contributed by atoms with van der Waals surface area (Å²) in [6, 6.07) is 7.92. The number of benzene rings is 1. The second kappa shape index (κ2) is 6.69. The summed E-state index contributed by atoms with van der Waals surface area (Å²) in [6.07, 6.45) is 1.73.